The molecule has 18 heavy (non-hydrogen) atoms. The van der Waals surface area contributed by atoms with Gasteiger partial charge in [0.2, 0.25) is 11.7 Å². The summed E-state index contributed by atoms with van der Waals surface area (Å²) in [4.78, 5) is 4.32. The Morgan fingerprint density at radius 2 is 2.28 bits per heavy atom. The molecule has 2 aromatic heterocycles. The monoisotopic (exact) mass is 250 g/mol. The lowest BCUT2D eigenvalue weighted by atomic mass is 10.0. The number of nitrogens with zero attached hydrogens (tertiary/aromatic N) is 4. The Kier molecular flexibility index (Phi) is 4.03. The quantitative estimate of drug-likeness (QED) is 0.795. The van der Waals surface area contributed by atoms with E-state index >= 15 is 0 Å². The van der Waals surface area contributed by atoms with E-state index in [1.807, 2.05) is 0 Å². The van der Waals surface area contributed by atoms with Gasteiger partial charge < -0.3 is 9.84 Å². The van der Waals surface area contributed by atoms with Crippen LogP contribution in [0, 0.1) is 5.92 Å². The Morgan fingerprint density at radius 3 is 2.89 bits per heavy atom. The Balaban J connectivity index is 2.06. The van der Waals surface area contributed by atoms with Crippen LogP contribution in [0.15, 0.2) is 10.7 Å². The standard InChI is InChI=1S/C11H18N6O/c1-4-12-8(7(2)3)5-10-14-11(16-18-10)9-6-13-17-15-9/h6-8,12H,4-5H2,1-3H3,(H,13,15,17). The molecule has 0 saturated heterocycles. The van der Waals surface area contributed by atoms with E-state index in [0.29, 0.717) is 29.4 Å². The normalized spacial score (nSPS) is 13.1. The molecule has 1 unspecified atom stereocenters. The second-order valence-corrected chi connectivity index (χ2v) is 4.48. The molecule has 2 heterocycles. The molecule has 0 bridgehead atoms. The fourth-order valence-corrected chi connectivity index (χ4v) is 1.75. The minimum absolute atomic E-state index is 0.334. The van der Waals surface area contributed by atoms with Crippen LogP contribution in [-0.4, -0.2) is 38.1 Å². The van der Waals surface area contributed by atoms with Crippen molar-refractivity contribution in [2.75, 3.05) is 6.54 Å². The number of nitrogens with one attached hydrogen (secondary N) is 2. The van der Waals surface area contributed by atoms with Gasteiger partial charge in [0.1, 0.15) is 0 Å². The molecule has 0 aromatic carbocycles. The average Bonchev–Trinajstić information content (AvgIpc) is 2.98. The molecule has 0 aliphatic heterocycles. The van der Waals surface area contributed by atoms with Gasteiger partial charge in [0, 0.05) is 12.5 Å². The third-order valence-electron chi connectivity index (χ3n) is 2.78. The molecular formula is C11H18N6O. The topological polar surface area (TPSA) is 92.5 Å². The fourth-order valence-electron chi connectivity index (χ4n) is 1.75. The molecule has 7 heteroatoms. The number of rotatable bonds is 6. The summed E-state index contributed by atoms with van der Waals surface area (Å²) in [6.07, 6.45) is 2.29. The molecular weight excluding hydrogens is 232 g/mol. The van der Waals surface area contributed by atoms with Crippen LogP contribution in [0.2, 0.25) is 0 Å². The molecule has 0 aliphatic rings. The third-order valence-corrected chi connectivity index (χ3v) is 2.78. The van der Waals surface area contributed by atoms with E-state index in [-0.39, 0.29) is 0 Å². The second kappa shape index (κ2) is 5.72. The lowest BCUT2D eigenvalue weighted by Gasteiger charge is -2.19. The van der Waals surface area contributed by atoms with E-state index in [0.717, 1.165) is 13.0 Å². The second-order valence-electron chi connectivity index (χ2n) is 4.48. The summed E-state index contributed by atoms with van der Waals surface area (Å²) in [6.45, 7) is 7.35. The highest BCUT2D eigenvalue weighted by atomic mass is 16.5. The molecule has 7 nitrogen and oxygen atoms in total. The van der Waals surface area contributed by atoms with Crippen molar-refractivity contribution in [3.8, 4) is 11.5 Å². The number of H-pyrrole nitrogens is 1. The molecule has 0 fully saturated rings. The molecule has 2 aromatic rings. The highest BCUT2D eigenvalue weighted by Crippen LogP contribution is 2.13. The van der Waals surface area contributed by atoms with Crippen molar-refractivity contribution in [1.29, 1.82) is 0 Å². The van der Waals surface area contributed by atoms with E-state index in [2.05, 4.69) is 51.6 Å². The Morgan fingerprint density at radius 1 is 1.44 bits per heavy atom. The van der Waals surface area contributed by atoms with Crippen LogP contribution in [0.4, 0.5) is 0 Å². The van der Waals surface area contributed by atoms with Gasteiger partial charge in [-0.1, -0.05) is 25.9 Å². The predicted molar refractivity (Wildman–Crippen MR) is 65.7 cm³/mol. The van der Waals surface area contributed by atoms with Gasteiger partial charge in [-0.2, -0.15) is 20.4 Å². The van der Waals surface area contributed by atoms with Gasteiger partial charge in [-0.3, -0.25) is 0 Å². The number of hydrogen-bond acceptors (Lipinski definition) is 6. The van der Waals surface area contributed by atoms with Gasteiger partial charge in [-0.15, -0.1) is 0 Å². The van der Waals surface area contributed by atoms with Crippen molar-refractivity contribution in [2.45, 2.75) is 33.2 Å². The molecule has 0 amide bonds. The van der Waals surface area contributed by atoms with E-state index in [4.69, 9.17) is 4.52 Å². The third kappa shape index (κ3) is 2.92. The molecule has 98 valence electrons. The minimum Gasteiger partial charge on any atom is -0.339 e. The SMILES string of the molecule is CCNC(Cc1nc(-c2cn[nH]n2)no1)C(C)C. The average molecular weight is 250 g/mol. The number of aromatic amines is 1. The van der Waals surface area contributed by atoms with Gasteiger partial charge in [0.05, 0.1) is 6.20 Å². The fraction of sp³-hybridized carbons (Fsp3) is 0.636. The van der Waals surface area contributed by atoms with Gasteiger partial charge in [-0.05, 0) is 12.5 Å². The molecule has 0 spiro atoms. The van der Waals surface area contributed by atoms with Crippen LogP contribution in [0.3, 0.4) is 0 Å². The van der Waals surface area contributed by atoms with Crippen LogP contribution in [0.1, 0.15) is 26.7 Å². The van der Waals surface area contributed by atoms with Crippen LogP contribution in [0.25, 0.3) is 11.5 Å². The number of hydrogen-bond donors (Lipinski definition) is 2. The lowest BCUT2D eigenvalue weighted by molar-refractivity contribution is 0.329. The zero-order valence-corrected chi connectivity index (χ0v) is 10.8. The van der Waals surface area contributed by atoms with Crippen molar-refractivity contribution in [1.82, 2.24) is 30.9 Å². The number of likely N-dealkylation sites (N-methyl/N-ethyl adjacent to an activating group) is 1. The van der Waals surface area contributed by atoms with Crippen LogP contribution in [-0.2, 0) is 6.42 Å². The van der Waals surface area contributed by atoms with Crippen LogP contribution < -0.4 is 5.32 Å². The van der Waals surface area contributed by atoms with E-state index < -0.39 is 0 Å². The number of aromatic nitrogens is 5. The van der Waals surface area contributed by atoms with Crippen molar-refractivity contribution >= 4 is 0 Å². The van der Waals surface area contributed by atoms with E-state index in [9.17, 15) is 0 Å². The van der Waals surface area contributed by atoms with E-state index in [1.165, 1.54) is 0 Å². The summed E-state index contributed by atoms with van der Waals surface area (Å²) in [6, 6.07) is 0.334. The summed E-state index contributed by atoms with van der Waals surface area (Å²) >= 11 is 0. The summed E-state index contributed by atoms with van der Waals surface area (Å²) in [5, 5.41) is 17.5. The van der Waals surface area contributed by atoms with Crippen LogP contribution in [0.5, 0.6) is 0 Å². The molecule has 2 rings (SSSR count). The first-order valence-corrected chi connectivity index (χ1v) is 6.12. The highest BCUT2D eigenvalue weighted by molar-refractivity contribution is 5.44. The minimum atomic E-state index is 0.334. The molecule has 1 atom stereocenters. The summed E-state index contributed by atoms with van der Waals surface area (Å²) in [5.74, 6) is 1.60. The van der Waals surface area contributed by atoms with E-state index in [1.54, 1.807) is 6.20 Å². The largest absolute Gasteiger partial charge is 0.339 e. The van der Waals surface area contributed by atoms with Gasteiger partial charge in [0.15, 0.2) is 5.69 Å². The maximum Gasteiger partial charge on any atom is 0.228 e. The maximum absolute atomic E-state index is 5.23. The summed E-state index contributed by atoms with van der Waals surface area (Å²) in [5.41, 5.74) is 0.592. The summed E-state index contributed by atoms with van der Waals surface area (Å²) < 4.78 is 5.23. The zero-order valence-electron chi connectivity index (χ0n) is 10.8. The molecule has 0 saturated carbocycles. The first-order chi connectivity index (χ1) is 8.70. The van der Waals surface area contributed by atoms with Gasteiger partial charge in [0.25, 0.3) is 0 Å². The van der Waals surface area contributed by atoms with Crippen molar-refractivity contribution < 1.29 is 4.52 Å². The molecule has 2 N–H and O–H groups in total. The first kappa shape index (κ1) is 12.7. The molecule has 0 radical (unpaired) electrons. The smallest absolute Gasteiger partial charge is 0.228 e. The summed E-state index contributed by atoms with van der Waals surface area (Å²) in [7, 11) is 0. The Hall–Kier alpha value is -1.76. The van der Waals surface area contributed by atoms with Crippen molar-refractivity contribution in [3.05, 3.63) is 12.1 Å². The van der Waals surface area contributed by atoms with Gasteiger partial charge >= 0.3 is 0 Å². The van der Waals surface area contributed by atoms with Gasteiger partial charge in [-0.25, -0.2) is 0 Å². The Bertz CT molecular complexity index is 464. The van der Waals surface area contributed by atoms with Crippen LogP contribution >= 0.6 is 0 Å². The first-order valence-electron chi connectivity index (χ1n) is 6.12. The Labute approximate surface area is 105 Å². The lowest BCUT2D eigenvalue weighted by Crippen LogP contribution is -2.35. The van der Waals surface area contributed by atoms with Crippen molar-refractivity contribution in [2.24, 2.45) is 5.92 Å². The van der Waals surface area contributed by atoms with Crippen molar-refractivity contribution in [3.63, 3.8) is 0 Å². The highest BCUT2D eigenvalue weighted by Gasteiger charge is 2.18. The molecule has 0 aliphatic carbocycles. The maximum atomic E-state index is 5.23. The predicted octanol–water partition coefficient (Wildman–Crippen LogP) is 1.03. The zero-order chi connectivity index (χ0) is 13.0.